The van der Waals surface area contributed by atoms with E-state index >= 15 is 0 Å². The monoisotopic (exact) mass is 334 g/mol. The van der Waals surface area contributed by atoms with E-state index in [1.807, 2.05) is 11.5 Å². The summed E-state index contributed by atoms with van der Waals surface area (Å²) in [4.78, 5) is 46.2. The van der Waals surface area contributed by atoms with E-state index in [1.165, 1.54) is 6.92 Å². The average Bonchev–Trinajstić information content (AvgIpc) is 2.51. The highest BCUT2D eigenvalue weighted by Crippen LogP contribution is 2.16. The van der Waals surface area contributed by atoms with Crippen LogP contribution >= 0.6 is 0 Å². The van der Waals surface area contributed by atoms with E-state index in [2.05, 4.69) is 16.1 Å². The van der Waals surface area contributed by atoms with Gasteiger partial charge in [0, 0.05) is 13.0 Å². The van der Waals surface area contributed by atoms with E-state index in [0.29, 0.717) is 0 Å². The number of hydrogen-bond acceptors (Lipinski definition) is 4. The Hall–Kier alpha value is -2.90. The summed E-state index contributed by atoms with van der Waals surface area (Å²) in [5.74, 6) is -2.63. The number of hydrazine groups is 1. The number of hydrogen-bond donors (Lipinski definition) is 4. The van der Waals surface area contributed by atoms with Crippen molar-refractivity contribution in [3.63, 3.8) is 0 Å². The second-order valence-electron chi connectivity index (χ2n) is 5.50. The fourth-order valence-electron chi connectivity index (χ4n) is 1.93. The molecule has 0 fully saturated rings. The van der Waals surface area contributed by atoms with Crippen LogP contribution in [0.25, 0.3) is 0 Å². The number of nitrogens with one attached hydrogen (secondary N) is 4. The van der Waals surface area contributed by atoms with Crippen molar-refractivity contribution in [1.29, 1.82) is 0 Å². The molecule has 130 valence electrons. The molecule has 0 radical (unpaired) electrons. The van der Waals surface area contributed by atoms with Gasteiger partial charge in [0.25, 0.3) is 0 Å². The number of carbonyl (C=O) groups is 4. The van der Waals surface area contributed by atoms with Crippen molar-refractivity contribution in [2.24, 2.45) is 0 Å². The Labute approximate surface area is 140 Å². The second kappa shape index (κ2) is 9.29. The molecule has 1 rings (SSSR count). The number of benzene rings is 1. The summed E-state index contributed by atoms with van der Waals surface area (Å²) in [6.45, 7) is 4.77. The summed E-state index contributed by atoms with van der Waals surface area (Å²) >= 11 is 0. The minimum absolute atomic E-state index is 0.0876. The molecule has 0 unspecified atom stereocenters. The van der Waals surface area contributed by atoms with Crippen molar-refractivity contribution in [1.82, 2.24) is 21.5 Å². The Morgan fingerprint density at radius 3 is 2.08 bits per heavy atom. The van der Waals surface area contributed by atoms with Gasteiger partial charge in [-0.15, -0.1) is 0 Å². The summed E-state index contributed by atoms with van der Waals surface area (Å²) in [7, 11) is 0. The van der Waals surface area contributed by atoms with Crippen LogP contribution in [0.5, 0.6) is 0 Å². The molecule has 4 N–H and O–H groups in total. The lowest BCUT2D eigenvalue weighted by Gasteiger charge is -2.18. The van der Waals surface area contributed by atoms with Crippen molar-refractivity contribution >= 4 is 23.6 Å². The number of carbonyl (C=O) groups excluding carboxylic acids is 4. The maximum Gasteiger partial charge on any atom is 0.327 e. The maximum atomic E-state index is 11.9. The molecule has 1 aromatic rings. The van der Waals surface area contributed by atoms with Crippen LogP contribution < -0.4 is 21.5 Å². The third-order valence-corrected chi connectivity index (χ3v) is 2.91. The molecule has 0 aliphatic carbocycles. The molecular formula is C16H22N4O4. The van der Waals surface area contributed by atoms with Crippen LogP contribution in [0.1, 0.15) is 38.8 Å². The van der Waals surface area contributed by atoms with E-state index < -0.39 is 23.8 Å². The van der Waals surface area contributed by atoms with Crippen molar-refractivity contribution in [2.45, 2.75) is 39.3 Å². The predicted molar refractivity (Wildman–Crippen MR) is 87.2 cm³/mol. The van der Waals surface area contributed by atoms with E-state index in [9.17, 15) is 19.2 Å². The number of amides is 4. The fraction of sp³-hybridized carbons (Fsp3) is 0.375. The molecule has 1 atom stereocenters. The quantitative estimate of drug-likeness (QED) is 0.445. The first-order chi connectivity index (χ1) is 11.3. The molecule has 0 spiro atoms. The molecule has 4 amide bonds. The lowest BCUT2D eigenvalue weighted by Crippen LogP contribution is -2.50. The first-order valence-corrected chi connectivity index (χ1v) is 7.51. The molecule has 0 aliphatic rings. The SMILES string of the molecule is CC(=O)N[C@H](CC(=O)NNC(=O)C(=O)NC(C)C)c1ccccc1. The Morgan fingerprint density at radius 2 is 1.54 bits per heavy atom. The van der Waals surface area contributed by atoms with Crippen LogP contribution in [0.2, 0.25) is 0 Å². The standard InChI is InChI=1S/C16H22N4O4/c1-10(2)17-15(23)16(24)20-19-14(22)9-13(18-11(3)21)12-7-5-4-6-8-12/h4-8,10,13H,9H2,1-3H3,(H,17,23)(H,18,21)(H,19,22)(H,20,24)/t13-/m1/s1. The van der Waals surface area contributed by atoms with Gasteiger partial charge >= 0.3 is 11.8 Å². The zero-order valence-electron chi connectivity index (χ0n) is 13.9. The van der Waals surface area contributed by atoms with E-state index in [4.69, 9.17) is 0 Å². The highest BCUT2D eigenvalue weighted by molar-refractivity contribution is 6.35. The molecule has 1 aromatic carbocycles. The van der Waals surface area contributed by atoms with Gasteiger partial charge in [0.1, 0.15) is 0 Å². The highest BCUT2D eigenvalue weighted by atomic mass is 16.2. The summed E-state index contributed by atoms with van der Waals surface area (Å²) in [6.07, 6.45) is -0.0876. The maximum absolute atomic E-state index is 11.9. The molecule has 0 heterocycles. The lowest BCUT2D eigenvalue weighted by molar-refractivity contribution is -0.141. The van der Waals surface area contributed by atoms with Crippen LogP contribution in [0, 0.1) is 0 Å². The summed E-state index contributed by atoms with van der Waals surface area (Å²) in [5, 5.41) is 5.07. The minimum atomic E-state index is -0.965. The van der Waals surface area contributed by atoms with E-state index in [1.54, 1.807) is 38.1 Å². The normalized spacial score (nSPS) is 11.3. The van der Waals surface area contributed by atoms with E-state index in [-0.39, 0.29) is 18.4 Å². The van der Waals surface area contributed by atoms with Gasteiger partial charge in [0.05, 0.1) is 12.5 Å². The average molecular weight is 334 g/mol. The van der Waals surface area contributed by atoms with Crippen LogP contribution in [0.15, 0.2) is 30.3 Å². The Kier molecular flexibility index (Phi) is 7.41. The molecular weight excluding hydrogens is 312 g/mol. The number of rotatable bonds is 5. The fourth-order valence-corrected chi connectivity index (χ4v) is 1.93. The van der Waals surface area contributed by atoms with Crippen LogP contribution in [-0.2, 0) is 19.2 Å². The largest absolute Gasteiger partial charge is 0.349 e. The van der Waals surface area contributed by atoms with Crippen LogP contribution in [-0.4, -0.2) is 29.7 Å². The Bertz CT molecular complexity index is 601. The molecule has 8 heteroatoms. The van der Waals surface area contributed by atoms with Gasteiger partial charge in [-0.2, -0.15) is 0 Å². The summed E-state index contributed by atoms with van der Waals surface area (Å²) < 4.78 is 0. The van der Waals surface area contributed by atoms with Gasteiger partial charge in [0.2, 0.25) is 11.8 Å². The van der Waals surface area contributed by atoms with Gasteiger partial charge in [-0.3, -0.25) is 30.0 Å². The molecule has 8 nitrogen and oxygen atoms in total. The van der Waals surface area contributed by atoms with Gasteiger partial charge in [-0.05, 0) is 19.4 Å². The molecule has 0 aromatic heterocycles. The molecule has 0 bridgehead atoms. The van der Waals surface area contributed by atoms with Gasteiger partial charge in [-0.25, -0.2) is 0 Å². The minimum Gasteiger partial charge on any atom is -0.349 e. The molecule has 0 aliphatic heterocycles. The topological polar surface area (TPSA) is 116 Å². The molecule has 24 heavy (non-hydrogen) atoms. The van der Waals surface area contributed by atoms with Crippen molar-refractivity contribution in [2.75, 3.05) is 0 Å². The lowest BCUT2D eigenvalue weighted by atomic mass is 10.0. The first kappa shape index (κ1) is 19.1. The predicted octanol–water partition coefficient (Wildman–Crippen LogP) is -0.0741. The van der Waals surface area contributed by atoms with Gasteiger partial charge in [0.15, 0.2) is 0 Å². The Morgan fingerprint density at radius 1 is 0.917 bits per heavy atom. The smallest absolute Gasteiger partial charge is 0.327 e. The third kappa shape index (κ3) is 6.91. The second-order valence-corrected chi connectivity index (χ2v) is 5.50. The summed E-state index contributed by atoms with van der Waals surface area (Å²) in [6, 6.07) is 8.24. The molecule has 0 saturated heterocycles. The highest BCUT2D eigenvalue weighted by Gasteiger charge is 2.19. The van der Waals surface area contributed by atoms with Crippen molar-refractivity contribution in [3.8, 4) is 0 Å². The zero-order chi connectivity index (χ0) is 18.1. The van der Waals surface area contributed by atoms with Crippen molar-refractivity contribution < 1.29 is 19.2 Å². The first-order valence-electron chi connectivity index (χ1n) is 7.51. The van der Waals surface area contributed by atoms with Crippen LogP contribution in [0.3, 0.4) is 0 Å². The zero-order valence-corrected chi connectivity index (χ0v) is 13.9. The van der Waals surface area contributed by atoms with Crippen LogP contribution in [0.4, 0.5) is 0 Å². The molecule has 0 saturated carbocycles. The van der Waals surface area contributed by atoms with Gasteiger partial charge in [-0.1, -0.05) is 30.3 Å². The Balaban J connectivity index is 2.58. The van der Waals surface area contributed by atoms with Crippen molar-refractivity contribution in [3.05, 3.63) is 35.9 Å². The third-order valence-electron chi connectivity index (χ3n) is 2.91. The summed E-state index contributed by atoms with van der Waals surface area (Å²) in [5.41, 5.74) is 4.95. The van der Waals surface area contributed by atoms with Gasteiger partial charge < -0.3 is 10.6 Å². The van der Waals surface area contributed by atoms with E-state index in [0.717, 1.165) is 5.56 Å².